The molecule has 1 rings (SSSR count). The van der Waals surface area contributed by atoms with Crippen molar-refractivity contribution in [1.82, 2.24) is 0 Å². The largest absolute Gasteiger partial charge is 0.381 e. The summed E-state index contributed by atoms with van der Waals surface area (Å²) in [6, 6.07) is 7.60. The second-order valence-corrected chi connectivity index (χ2v) is 5.02. The topological polar surface area (TPSA) is 64.3 Å². The Bertz CT molecular complexity index is 391. The van der Waals surface area contributed by atoms with E-state index >= 15 is 0 Å². The van der Waals surface area contributed by atoms with E-state index in [0.29, 0.717) is 25.5 Å². The molecule has 19 heavy (non-hydrogen) atoms. The molecule has 3 N–H and O–H groups in total. The van der Waals surface area contributed by atoms with E-state index in [2.05, 4.69) is 19.2 Å². The maximum absolute atomic E-state index is 11.7. The second-order valence-electron chi connectivity index (χ2n) is 5.02. The third-order valence-electron chi connectivity index (χ3n) is 2.59. The zero-order valence-corrected chi connectivity index (χ0v) is 11.8. The van der Waals surface area contributed by atoms with Gasteiger partial charge in [-0.3, -0.25) is 4.79 Å². The molecule has 0 aliphatic heterocycles. The van der Waals surface area contributed by atoms with Gasteiger partial charge in [0, 0.05) is 31.9 Å². The number of anilines is 1. The molecule has 1 aromatic carbocycles. The summed E-state index contributed by atoms with van der Waals surface area (Å²) >= 11 is 0. The third-order valence-corrected chi connectivity index (χ3v) is 2.59. The number of carbonyl (C=O) groups is 1. The third kappa shape index (κ3) is 6.94. The first-order valence-electron chi connectivity index (χ1n) is 6.78. The summed E-state index contributed by atoms with van der Waals surface area (Å²) < 4.78 is 5.44. The Morgan fingerprint density at radius 1 is 1.42 bits per heavy atom. The Morgan fingerprint density at radius 2 is 2.21 bits per heavy atom. The van der Waals surface area contributed by atoms with E-state index in [4.69, 9.17) is 10.5 Å². The molecule has 0 aromatic heterocycles. The Hall–Kier alpha value is -1.39. The van der Waals surface area contributed by atoms with E-state index in [0.717, 1.165) is 24.3 Å². The van der Waals surface area contributed by atoms with Crippen LogP contribution in [0.25, 0.3) is 0 Å². The smallest absolute Gasteiger partial charge is 0.224 e. The van der Waals surface area contributed by atoms with Gasteiger partial charge in [-0.2, -0.15) is 0 Å². The van der Waals surface area contributed by atoms with Crippen LogP contribution in [0, 0.1) is 5.92 Å². The lowest BCUT2D eigenvalue weighted by Crippen LogP contribution is -2.13. The maximum atomic E-state index is 11.7. The van der Waals surface area contributed by atoms with Crippen molar-refractivity contribution in [2.24, 2.45) is 11.7 Å². The number of hydrogen-bond donors (Lipinski definition) is 2. The molecule has 4 nitrogen and oxygen atoms in total. The molecular weight excluding hydrogens is 240 g/mol. The summed E-state index contributed by atoms with van der Waals surface area (Å²) in [5.41, 5.74) is 7.37. The first-order valence-corrected chi connectivity index (χ1v) is 6.78. The highest BCUT2D eigenvalue weighted by Gasteiger charge is 2.03. The number of amides is 1. The molecule has 106 valence electrons. The van der Waals surface area contributed by atoms with Crippen molar-refractivity contribution in [3.8, 4) is 0 Å². The summed E-state index contributed by atoms with van der Waals surface area (Å²) in [4.78, 5) is 11.7. The van der Waals surface area contributed by atoms with Gasteiger partial charge >= 0.3 is 0 Å². The van der Waals surface area contributed by atoms with Crippen molar-refractivity contribution in [2.45, 2.75) is 33.2 Å². The molecule has 0 saturated heterocycles. The van der Waals surface area contributed by atoms with Gasteiger partial charge in [0.25, 0.3) is 0 Å². The Kier molecular flexibility index (Phi) is 7.15. The van der Waals surface area contributed by atoms with E-state index in [1.165, 1.54) is 0 Å². The molecule has 4 heteroatoms. The number of hydrogen-bond acceptors (Lipinski definition) is 3. The Morgan fingerprint density at radius 3 is 2.89 bits per heavy atom. The lowest BCUT2D eigenvalue weighted by Gasteiger charge is -2.08. The standard InChI is InChI=1S/C15H24N2O2/c1-12(2)11-19-8-4-7-15(18)17-14-6-3-5-13(9-14)10-16/h3,5-6,9,12H,4,7-8,10-11,16H2,1-2H3,(H,17,18). The van der Waals surface area contributed by atoms with Crippen LogP contribution in [-0.2, 0) is 16.1 Å². The van der Waals surface area contributed by atoms with Gasteiger partial charge in [0.1, 0.15) is 0 Å². The van der Waals surface area contributed by atoms with E-state index < -0.39 is 0 Å². The number of benzene rings is 1. The summed E-state index contributed by atoms with van der Waals surface area (Å²) in [6.07, 6.45) is 1.22. The molecule has 0 heterocycles. The van der Waals surface area contributed by atoms with Crippen molar-refractivity contribution < 1.29 is 9.53 Å². The van der Waals surface area contributed by atoms with E-state index in [1.54, 1.807) is 0 Å². The van der Waals surface area contributed by atoms with Crippen molar-refractivity contribution >= 4 is 11.6 Å². The van der Waals surface area contributed by atoms with Gasteiger partial charge < -0.3 is 15.8 Å². The molecule has 0 fully saturated rings. The fraction of sp³-hybridized carbons (Fsp3) is 0.533. The number of ether oxygens (including phenoxy) is 1. The van der Waals surface area contributed by atoms with Crippen LogP contribution in [0.1, 0.15) is 32.3 Å². The lowest BCUT2D eigenvalue weighted by molar-refractivity contribution is -0.116. The number of carbonyl (C=O) groups excluding carboxylic acids is 1. The second kappa shape index (κ2) is 8.67. The average Bonchev–Trinajstić information content (AvgIpc) is 2.38. The highest BCUT2D eigenvalue weighted by atomic mass is 16.5. The molecule has 0 saturated carbocycles. The quantitative estimate of drug-likeness (QED) is 0.709. The first kappa shape index (κ1) is 15.7. The van der Waals surface area contributed by atoms with Crippen LogP contribution in [0.5, 0.6) is 0 Å². The average molecular weight is 264 g/mol. The van der Waals surface area contributed by atoms with Crippen LogP contribution in [0.3, 0.4) is 0 Å². The minimum absolute atomic E-state index is 0.0160. The predicted molar refractivity (Wildman–Crippen MR) is 77.9 cm³/mol. The molecular formula is C15H24N2O2. The zero-order chi connectivity index (χ0) is 14.1. The SMILES string of the molecule is CC(C)COCCCC(=O)Nc1cccc(CN)c1. The number of nitrogens with one attached hydrogen (secondary N) is 1. The lowest BCUT2D eigenvalue weighted by atomic mass is 10.2. The van der Waals surface area contributed by atoms with Crippen LogP contribution < -0.4 is 11.1 Å². The fourth-order valence-corrected chi connectivity index (χ4v) is 1.65. The maximum Gasteiger partial charge on any atom is 0.224 e. The molecule has 0 bridgehead atoms. The summed E-state index contributed by atoms with van der Waals surface area (Å²) in [5, 5.41) is 2.87. The van der Waals surface area contributed by atoms with Gasteiger partial charge in [-0.05, 0) is 30.0 Å². The summed E-state index contributed by atoms with van der Waals surface area (Å²) in [5.74, 6) is 0.551. The summed E-state index contributed by atoms with van der Waals surface area (Å²) in [6.45, 7) is 6.08. The van der Waals surface area contributed by atoms with E-state index in [-0.39, 0.29) is 5.91 Å². The zero-order valence-electron chi connectivity index (χ0n) is 11.8. The van der Waals surface area contributed by atoms with Crippen molar-refractivity contribution in [2.75, 3.05) is 18.5 Å². The van der Waals surface area contributed by atoms with Gasteiger partial charge in [0.05, 0.1) is 0 Å². The van der Waals surface area contributed by atoms with Crippen molar-refractivity contribution in [1.29, 1.82) is 0 Å². The highest BCUT2D eigenvalue weighted by molar-refractivity contribution is 5.90. The highest BCUT2D eigenvalue weighted by Crippen LogP contribution is 2.10. The predicted octanol–water partition coefficient (Wildman–Crippen LogP) is 2.54. The Balaban J connectivity index is 2.23. The molecule has 1 amide bonds. The number of rotatable bonds is 8. The molecule has 0 aliphatic rings. The molecule has 0 aliphatic carbocycles. The van der Waals surface area contributed by atoms with Gasteiger partial charge in [-0.1, -0.05) is 26.0 Å². The van der Waals surface area contributed by atoms with E-state index in [9.17, 15) is 4.79 Å². The van der Waals surface area contributed by atoms with Crippen LogP contribution in [-0.4, -0.2) is 19.1 Å². The van der Waals surface area contributed by atoms with Crippen molar-refractivity contribution in [3.05, 3.63) is 29.8 Å². The fourth-order valence-electron chi connectivity index (χ4n) is 1.65. The first-order chi connectivity index (χ1) is 9.11. The minimum Gasteiger partial charge on any atom is -0.381 e. The van der Waals surface area contributed by atoms with Gasteiger partial charge in [0.2, 0.25) is 5.91 Å². The van der Waals surface area contributed by atoms with Crippen molar-refractivity contribution in [3.63, 3.8) is 0 Å². The minimum atomic E-state index is 0.0160. The van der Waals surface area contributed by atoms with Crippen LogP contribution >= 0.6 is 0 Å². The molecule has 0 spiro atoms. The van der Waals surface area contributed by atoms with Gasteiger partial charge in [-0.15, -0.1) is 0 Å². The van der Waals surface area contributed by atoms with Crippen LogP contribution in [0.4, 0.5) is 5.69 Å². The summed E-state index contributed by atoms with van der Waals surface area (Å²) in [7, 11) is 0. The van der Waals surface area contributed by atoms with Crippen LogP contribution in [0.2, 0.25) is 0 Å². The monoisotopic (exact) mass is 264 g/mol. The van der Waals surface area contributed by atoms with Gasteiger partial charge in [-0.25, -0.2) is 0 Å². The van der Waals surface area contributed by atoms with E-state index in [1.807, 2.05) is 24.3 Å². The molecule has 0 unspecified atom stereocenters. The molecule has 0 atom stereocenters. The van der Waals surface area contributed by atoms with Gasteiger partial charge in [0.15, 0.2) is 0 Å². The molecule has 0 radical (unpaired) electrons. The van der Waals surface area contributed by atoms with Crippen LogP contribution in [0.15, 0.2) is 24.3 Å². The normalized spacial score (nSPS) is 10.7. The number of nitrogens with two attached hydrogens (primary N) is 1. The molecule has 1 aromatic rings. The Labute approximate surface area is 115 Å².